The molecule has 0 radical (unpaired) electrons. The molecule has 1 aliphatic carbocycles. The second-order valence-corrected chi connectivity index (χ2v) is 19.4. The monoisotopic (exact) mass is 875 g/mol. The lowest BCUT2D eigenvalue weighted by Crippen LogP contribution is -2.58. The summed E-state index contributed by atoms with van der Waals surface area (Å²) >= 11 is 0. The van der Waals surface area contributed by atoms with Gasteiger partial charge in [-0.2, -0.15) is 0 Å². The van der Waals surface area contributed by atoms with Gasteiger partial charge in [0, 0.05) is 52.2 Å². The standard InChI is InChI=1S/C48H74O14/c1-11-25(2)43-28(5)17-18-47(62-43)23-34-20-33(61-47)16-15-27(4)42(26(3)13-12-14-32-24-55-45-40(49)29(6)19-35(46(51)58-34)48(32,45)52)59-39-22-37(54-10)44(31(8)57-39)60-38-21-36(53-9)41(50)30(7)56-38/h12-15,19,25-26,28,30-31,33-45,49-50,52H,11,16-18,20-24H2,1-10H3/b13-12+,27-15+,32-14+/t25-,26-,28-,30-,31-,33+,34?,35-,36-,37-,38-,39-,40+,41-,42-,43+,44-,45+,47+,48+/m0/s1. The first-order valence-corrected chi connectivity index (χ1v) is 23.2. The molecule has 7 rings (SSSR count). The number of aliphatic hydroxyl groups is 3. The summed E-state index contributed by atoms with van der Waals surface area (Å²) in [4.78, 5) is 14.4. The molecule has 0 amide bonds. The molecule has 5 saturated heterocycles. The van der Waals surface area contributed by atoms with Gasteiger partial charge in [-0.15, -0.1) is 0 Å². The van der Waals surface area contributed by atoms with Gasteiger partial charge in [0.2, 0.25) is 0 Å². The normalized spacial score (nSPS) is 49.4. The van der Waals surface area contributed by atoms with Gasteiger partial charge in [0.15, 0.2) is 18.4 Å². The van der Waals surface area contributed by atoms with E-state index in [2.05, 4.69) is 40.7 Å². The lowest BCUT2D eigenvalue weighted by molar-refractivity contribution is -0.340. The fourth-order valence-electron chi connectivity index (χ4n) is 11.0. The molecular formula is C48H74O14. The predicted molar refractivity (Wildman–Crippen MR) is 227 cm³/mol. The Kier molecular flexibility index (Phi) is 15.3. The number of aliphatic hydroxyl groups excluding tert-OH is 2. The van der Waals surface area contributed by atoms with Gasteiger partial charge < -0.3 is 62.7 Å². The molecule has 6 aliphatic heterocycles. The fraction of sp³-hybridized carbons (Fsp3) is 0.812. The third-order valence-corrected chi connectivity index (χ3v) is 14.9. The SMILES string of the molecule is CC[C@H](C)[C@H]1O[C@]2(CC[C@@H]1C)CC1C[C@@H](C/C=C(\C)[C@@H](O[C@H]3C[C@H](OC)[C@@H](O[C@H]4C[C@H](OC)[C@@H](O)[C@H](C)O4)[C@H](C)O3)[C@@H](C)/C=C/C=C3\CO[C@@H]4[C@H](O)C(C)=C[C@@H](C(=O)O1)[C@]34O)O2. The molecule has 3 N–H and O–H groups in total. The molecule has 7 aliphatic rings. The van der Waals surface area contributed by atoms with Crippen LogP contribution in [0.4, 0.5) is 0 Å². The minimum atomic E-state index is -1.82. The largest absolute Gasteiger partial charge is 0.462 e. The summed E-state index contributed by atoms with van der Waals surface area (Å²) in [6, 6.07) is 0. The van der Waals surface area contributed by atoms with Gasteiger partial charge in [0.05, 0.1) is 49.3 Å². The molecular weight excluding hydrogens is 801 g/mol. The molecule has 14 heteroatoms. The van der Waals surface area contributed by atoms with E-state index in [4.69, 9.17) is 47.4 Å². The first kappa shape index (κ1) is 47.9. The summed E-state index contributed by atoms with van der Waals surface area (Å²) in [6.07, 6.45) is 6.53. The van der Waals surface area contributed by atoms with E-state index in [-0.39, 0.29) is 30.8 Å². The van der Waals surface area contributed by atoms with Crippen molar-refractivity contribution >= 4 is 5.97 Å². The Balaban J connectivity index is 1.18. The second-order valence-electron chi connectivity index (χ2n) is 19.4. The Hall–Kier alpha value is -2.05. The van der Waals surface area contributed by atoms with Crippen LogP contribution in [0.5, 0.6) is 0 Å². The topological polar surface area (TPSA) is 170 Å². The first-order chi connectivity index (χ1) is 29.5. The average Bonchev–Trinajstić information content (AvgIpc) is 3.58. The Bertz CT molecular complexity index is 1680. The number of hydrogen-bond donors (Lipinski definition) is 3. The average molecular weight is 875 g/mol. The van der Waals surface area contributed by atoms with Crippen LogP contribution >= 0.6 is 0 Å². The number of ether oxygens (including phenoxy) is 10. The van der Waals surface area contributed by atoms with E-state index in [9.17, 15) is 20.1 Å². The van der Waals surface area contributed by atoms with Crippen LogP contribution < -0.4 is 0 Å². The van der Waals surface area contributed by atoms with E-state index in [0.29, 0.717) is 61.5 Å². The quantitative estimate of drug-likeness (QED) is 0.204. The summed E-state index contributed by atoms with van der Waals surface area (Å²) in [7, 11) is 3.23. The van der Waals surface area contributed by atoms with Crippen LogP contribution in [0.1, 0.15) is 107 Å². The summed E-state index contributed by atoms with van der Waals surface area (Å²) in [5, 5.41) is 34.2. The molecule has 5 fully saturated rings. The van der Waals surface area contributed by atoms with Crippen LogP contribution in [-0.4, -0.2) is 139 Å². The van der Waals surface area contributed by atoms with Crippen LogP contribution in [0, 0.1) is 23.7 Å². The molecule has 0 aromatic heterocycles. The van der Waals surface area contributed by atoms with Gasteiger partial charge in [0.25, 0.3) is 0 Å². The zero-order valence-electron chi connectivity index (χ0n) is 38.5. The van der Waals surface area contributed by atoms with Gasteiger partial charge in [-0.1, -0.05) is 64.5 Å². The highest BCUT2D eigenvalue weighted by molar-refractivity contribution is 5.78. The Morgan fingerprint density at radius 1 is 0.919 bits per heavy atom. The maximum Gasteiger partial charge on any atom is 0.316 e. The van der Waals surface area contributed by atoms with Gasteiger partial charge >= 0.3 is 5.97 Å². The molecule has 2 bridgehead atoms. The van der Waals surface area contributed by atoms with Crippen molar-refractivity contribution in [3.05, 3.63) is 47.1 Å². The van der Waals surface area contributed by atoms with Crippen molar-refractivity contribution in [1.82, 2.24) is 0 Å². The predicted octanol–water partition coefficient (Wildman–Crippen LogP) is 5.60. The summed E-state index contributed by atoms with van der Waals surface area (Å²) in [5.74, 6) is -2.10. The molecule has 0 aromatic rings. The number of methoxy groups -OCH3 is 2. The number of esters is 1. The van der Waals surface area contributed by atoms with Crippen LogP contribution in [0.2, 0.25) is 0 Å². The lowest BCUT2D eigenvalue weighted by Gasteiger charge is -2.51. The number of allylic oxidation sites excluding steroid dienone is 2. The van der Waals surface area contributed by atoms with Crippen LogP contribution in [0.3, 0.4) is 0 Å². The number of hydrogen-bond acceptors (Lipinski definition) is 14. The molecule has 1 spiro atoms. The highest BCUT2D eigenvalue weighted by Gasteiger charge is 2.60. The summed E-state index contributed by atoms with van der Waals surface area (Å²) < 4.78 is 63.9. The van der Waals surface area contributed by atoms with Gasteiger partial charge in [-0.25, -0.2) is 0 Å². The summed E-state index contributed by atoms with van der Waals surface area (Å²) in [6.45, 7) is 16.3. The fourth-order valence-corrected chi connectivity index (χ4v) is 11.0. The molecule has 1 unspecified atom stereocenters. The van der Waals surface area contributed by atoms with Crippen molar-refractivity contribution in [2.45, 2.75) is 204 Å². The molecule has 350 valence electrons. The highest BCUT2D eigenvalue weighted by Crippen LogP contribution is 2.48. The Labute approximate surface area is 368 Å². The third-order valence-electron chi connectivity index (χ3n) is 14.9. The minimum absolute atomic E-state index is 0.00708. The molecule has 0 aromatic carbocycles. The number of fused-ring (bicyclic) bond motifs is 2. The number of carbonyl (C=O) groups excluding carboxylic acids is 1. The molecule has 62 heavy (non-hydrogen) atoms. The maximum atomic E-state index is 14.4. The first-order valence-electron chi connectivity index (χ1n) is 23.2. The van der Waals surface area contributed by atoms with Gasteiger partial charge in [-0.05, 0) is 69.1 Å². The smallest absolute Gasteiger partial charge is 0.316 e. The number of rotatable bonds is 8. The van der Waals surface area contributed by atoms with Crippen molar-refractivity contribution < 1.29 is 67.5 Å². The molecule has 20 atom stereocenters. The van der Waals surface area contributed by atoms with Crippen LogP contribution in [-0.2, 0) is 52.2 Å². The van der Waals surface area contributed by atoms with E-state index in [1.807, 2.05) is 19.1 Å². The maximum absolute atomic E-state index is 14.4. The molecule has 14 nitrogen and oxygen atoms in total. The van der Waals surface area contributed by atoms with Crippen molar-refractivity contribution in [2.24, 2.45) is 23.7 Å². The molecule has 6 heterocycles. The van der Waals surface area contributed by atoms with Gasteiger partial charge in [0.1, 0.15) is 42.0 Å². The van der Waals surface area contributed by atoms with E-state index >= 15 is 0 Å². The third kappa shape index (κ3) is 9.73. The van der Waals surface area contributed by atoms with E-state index in [1.165, 1.54) is 0 Å². The van der Waals surface area contributed by atoms with Gasteiger partial charge in [-0.3, -0.25) is 4.79 Å². The zero-order valence-corrected chi connectivity index (χ0v) is 38.5. The van der Waals surface area contributed by atoms with Crippen LogP contribution in [0.25, 0.3) is 0 Å². The van der Waals surface area contributed by atoms with Crippen molar-refractivity contribution in [3.8, 4) is 0 Å². The van der Waals surface area contributed by atoms with Crippen molar-refractivity contribution in [2.75, 3.05) is 20.8 Å². The Morgan fingerprint density at radius 2 is 1.63 bits per heavy atom. The van der Waals surface area contributed by atoms with Crippen molar-refractivity contribution in [3.63, 3.8) is 0 Å². The second kappa shape index (κ2) is 19.8. The lowest BCUT2D eigenvalue weighted by atomic mass is 9.71. The minimum Gasteiger partial charge on any atom is -0.462 e. The number of carbonyl (C=O) groups is 1. The van der Waals surface area contributed by atoms with E-state index in [1.54, 1.807) is 40.2 Å². The highest BCUT2D eigenvalue weighted by atomic mass is 16.7. The molecule has 0 saturated carbocycles. The summed E-state index contributed by atoms with van der Waals surface area (Å²) in [5.41, 5.74) is 0.188. The van der Waals surface area contributed by atoms with Crippen LogP contribution in [0.15, 0.2) is 47.1 Å². The van der Waals surface area contributed by atoms with E-state index in [0.717, 1.165) is 18.4 Å². The van der Waals surface area contributed by atoms with Crippen molar-refractivity contribution in [1.29, 1.82) is 0 Å². The Morgan fingerprint density at radius 3 is 2.35 bits per heavy atom. The zero-order chi connectivity index (χ0) is 44.7. The van der Waals surface area contributed by atoms with E-state index < -0.39 is 90.8 Å².